The third kappa shape index (κ3) is 2.11. The van der Waals surface area contributed by atoms with Gasteiger partial charge in [-0.15, -0.1) is 0 Å². The summed E-state index contributed by atoms with van der Waals surface area (Å²) in [6, 6.07) is 6.31. The van der Waals surface area contributed by atoms with Crippen LogP contribution in [0.5, 0.6) is 0 Å². The summed E-state index contributed by atoms with van der Waals surface area (Å²) in [5, 5.41) is 8.79. The van der Waals surface area contributed by atoms with Crippen molar-refractivity contribution in [2.45, 2.75) is 13.3 Å². The van der Waals surface area contributed by atoms with E-state index in [-0.39, 0.29) is 12.2 Å². The molecule has 94 valence electrons. The number of aliphatic carboxylic acids is 1. The average Bonchev–Trinajstić information content (AvgIpc) is 2.58. The molecule has 18 heavy (non-hydrogen) atoms. The number of rotatable bonds is 3. The third-order valence-electron chi connectivity index (χ3n) is 2.91. The lowest BCUT2D eigenvalue weighted by Gasteiger charge is -2.03. The summed E-state index contributed by atoms with van der Waals surface area (Å²) in [6.07, 6.45) is -0.159. The van der Waals surface area contributed by atoms with Crippen LogP contribution in [0.4, 0.5) is 4.39 Å². The first-order valence-corrected chi connectivity index (χ1v) is 5.49. The van der Waals surface area contributed by atoms with Crippen molar-refractivity contribution in [2.24, 2.45) is 7.05 Å². The number of hydrogen-bond acceptors (Lipinski definition) is 2. The SMILES string of the molecule is Cc1c(CC(=O)O)nc(-c2ccccc2F)n1C. The highest BCUT2D eigenvalue weighted by Crippen LogP contribution is 2.23. The van der Waals surface area contributed by atoms with E-state index >= 15 is 0 Å². The van der Waals surface area contributed by atoms with Crippen LogP contribution < -0.4 is 0 Å². The zero-order valence-electron chi connectivity index (χ0n) is 10.1. The van der Waals surface area contributed by atoms with Crippen molar-refractivity contribution in [3.63, 3.8) is 0 Å². The Bertz CT molecular complexity index is 605. The quantitative estimate of drug-likeness (QED) is 0.905. The molecule has 0 aliphatic rings. The Hall–Kier alpha value is -2.17. The minimum Gasteiger partial charge on any atom is -0.481 e. The number of aromatic nitrogens is 2. The summed E-state index contributed by atoms with van der Waals surface area (Å²) >= 11 is 0. The minimum atomic E-state index is -0.948. The van der Waals surface area contributed by atoms with Crippen LogP contribution in [-0.4, -0.2) is 20.6 Å². The van der Waals surface area contributed by atoms with Crippen LogP contribution in [0.1, 0.15) is 11.4 Å². The molecule has 1 aromatic carbocycles. The highest BCUT2D eigenvalue weighted by molar-refractivity contribution is 5.70. The van der Waals surface area contributed by atoms with Gasteiger partial charge < -0.3 is 9.67 Å². The van der Waals surface area contributed by atoms with E-state index in [1.807, 2.05) is 0 Å². The fourth-order valence-corrected chi connectivity index (χ4v) is 1.83. The lowest BCUT2D eigenvalue weighted by Crippen LogP contribution is -2.02. The van der Waals surface area contributed by atoms with E-state index in [2.05, 4.69) is 4.98 Å². The van der Waals surface area contributed by atoms with Gasteiger partial charge in [-0.05, 0) is 19.1 Å². The maximum Gasteiger partial charge on any atom is 0.309 e. The maximum atomic E-state index is 13.7. The molecular formula is C13H13FN2O2. The molecular weight excluding hydrogens is 235 g/mol. The van der Waals surface area contributed by atoms with Gasteiger partial charge in [-0.25, -0.2) is 9.37 Å². The molecule has 2 rings (SSSR count). The standard InChI is InChI=1S/C13H13FN2O2/c1-8-11(7-12(17)18)15-13(16(8)2)9-5-3-4-6-10(9)14/h3-6H,7H2,1-2H3,(H,17,18). The molecule has 1 N–H and O–H groups in total. The number of imidazole rings is 1. The van der Waals surface area contributed by atoms with Crippen molar-refractivity contribution in [1.82, 2.24) is 9.55 Å². The van der Waals surface area contributed by atoms with Crippen molar-refractivity contribution >= 4 is 5.97 Å². The van der Waals surface area contributed by atoms with Gasteiger partial charge in [0.1, 0.15) is 11.6 Å². The highest BCUT2D eigenvalue weighted by atomic mass is 19.1. The van der Waals surface area contributed by atoms with Crippen LogP contribution in [0.25, 0.3) is 11.4 Å². The monoisotopic (exact) mass is 248 g/mol. The van der Waals surface area contributed by atoms with E-state index in [1.165, 1.54) is 6.07 Å². The Morgan fingerprint density at radius 2 is 2.11 bits per heavy atom. The van der Waals surface area contributed by atoms with Crippen LogP contribution >= 0.6 is 0 Å². The fraction of sp³-hybridized carbons (Fsp3) is 0.231. The smallest absolute Gasteiger partial charge is 0.309 e. The second kappa shape index (κ2) is 4.60. The summed E-state index contributed by atoms with van der Waals surface area (Å²) in [6.45, 7) is 1.77. The molecule has 0 aliphatic heterocycles. The van der Waals surface area contributed by atoms with Gasteiger partial charge >= 0.3 is 5.97 Å². The van der Waals surface area contributed by atoms with Gasteiger partial charge in [0, 0.05) is 12.7 Å². The number of hydrogen-bond donors (Lipinski definition) is 1. The Labute approximate surface area is 104 Å². The first kappa shape index (κ1) is 12.3. The molecule has 0 spiro atoms. The van der Waals surface area contributed by atoms with Gasteiger partial charge in [0.15, 0.2) is 0 Å². The fourth-order valence-electron chi connectivity index (χ4n) is 1.83. The van der Waals surface area contributed by atoms with Crippen LogP contribution in [0.2, 0.25) is 0 Å². The molecule has 1 aromatic heterocycles. The van der Waals surface area contributed by atoms with E-state index in [0.717, 1.165) is 5.69 Å². The largest absolute Gasteiger partial charge is 0.481 e. The van der Waals surface area contributed by atoms with Crippen molar-refractivity contribution in [3.8, 4) is 11.4 Å². The van der Waals surface area contributed by atoms with Crippen molar-refractivity contribution in [2.75, 3.05) is 0 Å². The molecule has 2 aromatic rings. The summed E-state index contributed by atoms with van der Waals surface area (Å²) in [7, 11) is 1.75. The molecule has 5 heteroatoms. The molecule has 0 fully saturated rings. The molecule has 0 saturated carbocycles. The number of benzene rings is 1. The number of carbonyl (C=O) groups is 1. The first-order chi connectivity index (χ1) is 8.50. The lowest BCUT2D eigenvalue weighted by molar-refractivity contribution is -0.136. The van der Waals surface area contributed by atoms with E-state index in [1.54, 1.807) is 36.7 Å². The summed E-state index contributed by atoms with van der Waals surface area (Å²) < 4.78 is 15.4. The Balaban J connectivity index is 2.53. The van der Waals surface area contributed by atoms with Gasteiger partial charge in [0.05, 0.1) is 17.7 Å². The topological polar surface area (TPSA) is 55.1 Å². The van der Waals surface area contributed by atoms with Gasteiger partial charge in [0.25, 0.3) is 0 Å². The minimum absolute atomic E-state index is 0.159. The Morgan fingerprint density at radius 1 is 1.44 bits per heavy atom. The summed E-state index contributed by atoms with van der Waals surface area (Å²) in [5.74, 6) is -0.870. The number of carboxylic acid groups (broad SMARTS) is 1. The maximum absolute atomic E-state index is 13.7. The molecule has 0 amide bonds. The van der Waals surface area contributed by atoms with Crippen LogP contribution in [0, 0.1) is 12.7 Å². The zero-order valence-corrected chi connectivity index (χ0v) is 10.1. The van der Waals surface area contributed by atoms with Gasteiger partial charge in [0.2, 0.25) is 0 Å². The average molecular weight is 248 g/mol. The van der Waals surface area contributed by atoms with Crippen molar-refractivity contribution < 1.29 is 14.3 Å². The van der Waals surface area contributed by atoms with Crippen LogP contribution in [-0.2, 0) is 18.3 Å². The summed E-state index contributed by atoms with van der Waals surface area (Å²) in [4.78, 5) is 14.9. The van der Waals surface area contributed by atoms with Crippen LogP contribution in [0.3, 0.4) is 0 Å². The predicted molar refractivity (Wildman–Crippen MR) is 64.7 cm³/mol. The van der Waals surface area contributed by atoms with Crippen molar-refractivity contribution in [1.29, 1.82) is 0 Å². The zero-order chi connectivity index (χ0) is 13.3. The molecule has 0 radical (unpaired) electrons. The highest BCUT2D eigenvalue weighted by Gasteiger charge is 2.16. The molecule has 0 bridgehead atoms. The molecule has 1 heterocycles. The lowest BCUT2D eigenvalue weighted by atomic mass is 10.2. The normalized spacial score (nSPS) is 10.6. The van der Waals surface area contributed by atoms with E-state index in [0.29, 0.717) is 17.1 Å². The summed E-state index contributed by atoms with van der Waals surface area (Å²) in [5.41, 5.74) is 1.57. The van der Waals surface area contributed by atoms with E-state index < -0.39 is 5.97 Å². The molecule has 4 nitrogen and oxygen atoms in total. The van der Waals surface area contributed by atoms with E-state index in [9.17, 15) is 9.18 Å². The second-order valence-electron chi connectivity index (χ2n) is 4.08. The van der Waals surface area contributed by atoms with E-state index in [4.69, 9.17) is 5.11 Å². The molecule has 0 saturated heterocycles. The molecule has 0 atom stereocenters. The van der Waals surface area contributed by atoms with Crippen LogP contribution in [0.15, 0.2) is 24.3 Å². The number of carboxylic acids is 1. The third-order valence-corrected chi connectivity index (χ3v) is 2.91. The Morgan fingerprint density at radius 3 is 2.72 bits per heavy atom. The molecule has 0 unspecified atom stereocenters. The van der Waals surface area contributed by atoms with Gasteiger partial charge in [-0.2, -0.15) is 0 Å². The number of nitrogens with zero attached hydrogens (tertiary/aromatic N) is 2. The Kier molecular flexibility index (Phi) is 3.14. The van der Waals surface area contributed by atoms with Gasteiger partial charge in [-0.3, -0.25) is 4.79 Å². The number of halogens is 1. The first-order valence-electron chi connectivity index (χ1n) is 5.49. The predicted octanol–water partition coefficient (Wildman–Crippen LogP) is 2.16. The second-order valence-corrected chi connectivity index (χ2v) is 4.08. The van der Waals surface area contributed by atoms with Gasteiger partial charge in [-0.1, -0.05) is 12.1 Å². The molecule has 0 aliphatic carbocycles. The van der Waals surface area contributed by atoms with Crippen molar-refractivity contribution in [3.05, 3.63) is 41.5 Å².